The summed E-state index contributed by atoms with van der Waals surface area (Å²) in [6, 6.07) is 16.5. The van der Waals surface area contributed by atoms with Crippen LogP contribution in [0.15, 0.2) is 54.9 Å². The van der Waals surface area contributed by atoms with Gasteiger partial charge in [0.05, 0.1) is 24.0 Å². The average Bonchev–Trinajstić information content (AvgIpc) is 2.85. The Morgan fingerprint density at radius 2 is 1.74 bits per heavy atom. The summed E-state index contributed by atoms with van der Waals surface area (Å²) in [5.41, 5.74) is 4.69. The number of benzene rings is 2. The number of para-hydroxylation sites is 2. The molecule has 3 aromatic rings. The predicted molar refractivity (Wildman–Crippen MR) is 76.0 cm³/mol. The molecule has 3 heteroatoms. The Hall–Kier alpha value is -2.13. The molecule has 0 bridgehead atoms. The van der Waals surface area contributed by atoms with E-state index >= 15 is 0 Å². The first kappa shape index (κ1) is 11.9. The van der Waals surface area contributed by atoms with E-state index in [0.29, 0.717) is 6.61 Å². The maximum Gasteiger partial charge on any atom is 0.0961 e. The fraction of sp³-hybridized carbons (Fsp3) is 0.188. The highest BCUT2D eigenvalue weighted by Gasteiger charge is 2.05. The summed E-state index contributed by atoms with van der Waals surface area (Å²) in [4.78, 5) is 4.42. The zero-order valence-electron chi connectivity index (χ0n) is 10.9. The monoisotopic (exact) mass is 252 g/mol. The molecule has 1 heterocycles. The number of hydrogen-bond donors (Lipinski definition) is 0. The zero-order valence-corrected chi connectivity index (χ0v) is 10.9. The van der Waals surface area contributed by atoms with Gasteiger partial charge in [-0.1, -0.05) is 36.4 Å². The molecule has 0 N–H and O–H groups in total. The molecule has 0 fully saturated rings. The van der Waals surface area contributed by atoms with Gasteiger partial charge in [0.25, 0.3) is 0 Å². The van der Waals surface area contributed by atoms with E-state index in [9.17, 15) is 0 Å². The SMILES string of the molecule is COCc1ccccc1Cn1cnc2ccccc21. The van der Waals surface area contributed by atoms with Crippen LogP contribution in [0.3, 0.4) is 0 Å². The lowest BCUT2D eigenvalue weighted by molar-refractivity contribution is 0.184. The Morgan fingerprint density at radius 3 is 2.58 bits per heavy atom. The van der Waals surface area contributed by atoms with Crippen molar-refractivity contribution in [3.05, 3.63) is 66.0 Å². The molecule has 3 rings (SSSR count). The lowest BCUT2D eigenvalue weighted by Crippen LogP contribution is -2.02. The predicted octanol–water partition coefficient (Wildman–Crippen LogP) is 3.23. The van der Waals surface area contributed by atoms with Crippen molar-refractivity contribution in [3.63, 3.8) is 0 Å². The molecule has 0 saturated heterocycles. The van der Waals surface area contributed by atoms with Crippen molar-refractivity contribution in [3.8, 4) is 0 Å². The fourth-order valence-electron chi connectivity index (χ4n) is 2.33. The minimum atomic E-state index is 0.642. The van der Waals surface area contributed by atoms with Gasteiger partial charge in [0.15, 0.2) is 0 Å². The smallest absolute Gasteiger partial charge is 0.0961 e. The van der Waals surface area contributed by atoms with Gasteiger partial charge in [0.1, 0.15) is 0 Å². The molecule has 19 heavy (non-hydrogen) atoms. The lowest BCUT2D eigenvalue weighted by atomic mass is 10.1. The molecule has 0 saturated carbocycles. The normalized spacial score (nSPS) is 11.0. The van der Waals surface area contributed by atoms with Crippen LogP contribution in [0.4, 0.5) is 0 Å². The molecular weight excluding hydrogens is 236 g/mol. The van der Waals surface area contributed by atoms with Crippen LogP contribution in [0.5, 0.6) is 0 Å². The summed E-state index contributed by atoms with van der Waals surface area (Å²) in [5.74, 6) is 0. The Kier molecular flexibility index (Phi) is 3.29. The lowest BCUT2D eigenvalue weighted by Gasteiger charge is -2.10. The van der Waals surface area contributed by atoms with Gasteiger partial charge in [0, 0.05) is 13.7 Å². The van der Waals surface area contributed by atoms with Crippen molar-refractivity contribution >= 4 is 11.0 Å². The summed E-state index contributed by atoms with van der Waals surface area (Å²) in [5, 5.41) is 0. The summed E-state index contributed by atoms with van der Waals surface area (Å²) in [7, 11) is 1.73. The minimum absolute atomic E-state index is 0.642. The highest BCUT2D eigenvalue weighted by molar-refractivity contribution is 5.75. The van der Waals surface area contributed by atoms with E-state index in [1.165, 1.54) is 11.1 Å². The first-order valence-electron chi connectivity index (χ1n) is 6.34. The summed E-state index contributed by atoms with van der Waals surface area (Å²) in [6.07, 6.45) is 1.90. The van der Waals surface area contributed by atoms with Gasteiger partial charge in [0.2, 0.25) is 0 Å². The highest BCUT2D eigenvalue weighted by Crippen LogP contribution is 2.16. The molecule has 2 aromatic carbocycles. The minimum Gasteiger partial charge on any atom is -0.380 e. The number of imidazole rings is 1. The molecule has 1 aromatic heterocycles. The quantitative estimate of drug-likeness (QED) is 0.712. The Bertz CT molecular complexity index is 688. The van der Waals surface area contributed by atoms with Crippen LogP contribution in [0.25, 0.3) is 11.0 Å². The van der Waals surface area contributed by atoms with Crippen LogP contribution in [-0.4, -0.2) is 16.7 Å². The molecule has 3 nitrogen and oxygen atoms in total. The van der Waals surface area contributed by atoms with E-state index in [2.05, 4.69) is 33.8 Å². The number of fused-ring (bicyclic) bond motifs is 1. The molecule has 96 valence electrons. The average molecular weight is 252 g/mol. The Labute approximate surface area is 112 Å². The molecule has 0 aliphatic rings. The van der Waals surface area contributed by atoms with Gasteiger partial charge in [-0.15, -0.1) is 0 Å². The zero-order chi connectivity index (χ0) is 13.1. The number of ether oxygens (including phenoxy) is 1. The molecule has 0 radical (unpaired) electrons. The standard InChI is InChI=1S/C16H16N2O/c1-19-11-14-7-3-2-6-13(14)10-18-12-17-15-8-4-5-9-16(15)18/h2-9,12H,10-11H2,1H3. The van der Waals surface area contributed by atoms with Crippen LogP contribution in [0, 0.1) is 0 Å². The van der Waals surface area contributed by atoms with Crippen LogP contribution in [0.2, 0.25) is 0 Å². The van der Waals surface area contributed by atoms with Gasteiger partial charge in [-0.3, -0.25) is 0 Å². The van der Waals surface area contributed by atoms with Crippen LogP contribution >= 0.6 is 0 Å². The van der Waals surface area contributed by atoms with E-state index in [0.717, 1.165) is 17.6 Å². The Morgan fingerprint density at radius 1 is 1.00 bits per heavy atom. The van der Waals surface area contributed by atoms with Crippen molar-refractivity contribution in [1.82, 2.24) is 9.55 Å². The molecule has 0 unspecified atom stereocenters. The van der Waals surface area contributed by atoms with Crippen LogP contribution in [0.1, 0.15) is 11.1 Å². The number of rotatable bonds is 4. The van der Waals surface area contributed by atoms with Crippen molar-refractivity contribution in [2.75, 3.05) is 7.11 Å². The molecular formula is C16H16N2O. The molecule has 0 aliphatic carbocycles. The van der Waals surface area contributed by atoms with Gasteiger partial charge in [-0.2, -0.15) is 0 Å². The molecule has 0 amide bonds. The van der Waals surface area contributed by atoms with Gasteiger partial charge in [-0.05, 0) is 23.3 Å². The van der Waals surface area contributed by atoms with Gasteiger partial charge < -0.3 is 9.30 Å². The number of aromatic nitrogens is 2. The van der Waals surface area contributed by atoms with Crippen LogP contribution < -0.4 is 0 Å². The third-order valence-corrected chi connectivity index (χ3v) is 3.29. The van der Waals surface area contributed by atoms with Crippen LogP contribution in [-0.2, 0) is 17.9 Å². The number of methoxy groups -OCH3 is 1. The van der Waals surface area contributed by atoms with Crippen molar-refractivity contribution in [2.45, 2.75) is 13.2 Å². The van der Waals surface area contributed by atoms with E-state index in [1.54, 1.807) is 7.11 Å². The summed E-state index contributed by atoms with van der Waals surface area (Å²) >= 11 is 0. The second kappa shape index (κ2) is 5.24. The number of hydrogen-bond acceptors (Lipinski definition) is 2. The van der Waals surface area contributed by atoms with E-state index in [1.807, 2.05) is 30.6 Å². The van der Waals surface area contributed by atoms with E-state index < -0.39 is 0 Å². The largest absolute Gasteiger partial charge is 0.380 e. The second-order valence-electron chi connectivity index (χ2n) is 4.56. The van der Waals surface area contributed by atoms with Crippen molar-refractivity contribution in [2.24, 2.45) is 0 Å². The molecule has 0 atom stereocenters. The van der Waals surface area contributed by atoms with Crippen molar-refractivity contribution in [1.29, 1.82) is 0 Å². The first-order valence-corrected chi connectivity index (χ1v) is 6.34. The van der Waals surface area contributed by atoms with Gasteiger partial charge >= 0.3 is 0 Å². The maximum absolute atomic E-state index is 5.25. The fourth-order valence-corrected chi connectivity index (χ4v) is 2.33. The summed E-state index contributed by atoms with van der Waals surface area (Å²) in [6.45, 7) is 1.46. The van der Waals surface area contributed by atoms with Gasteiger partial charge in [-0.25, -0.2) is 4.98 Å². The Balaban J connectivity index is 1.97. The maximum atomic E-state index is 5.25. The summed E-state index contributed by atoms with van der Waals surface area (Å²) < 4.78 is 7.42. The third-order valence-electron chi connectivity index (χ3n) is 3.29. The van der Waals surface area contributed by atoms with E-state index in [4.69, 9.17) is 4.74 Å². The van der Waals surface area contributed by atoms with Crippen molar-refractivity contribution < 1.29 is 4.74 Å². The second-order valence-corrected chi connectivity index (χ2v) is 4.56. The first-order chi connectivity index (χ1) is 9.38. The van der Waals surface area contributed by atoms with E-state index in [-0.39, 0.29) is 0 Å². The molecule has 0 spiro atoms. The topological polar surface area (TPSA) is 27.1 Å². The number of nitrogens with zero attached hydrogens (tertiary/aromatic N) is 2. The third kappa shape index (κ3) is 2.37. The highest BCUT2D eigenvalue weighted by atomic mass is 16.5. The molecule has 0 aliphatic heterocycles.